The van der Waals surface area contributed by atoms with Gasteiger partial charge in [-0.1, -0.05) is 30.7 Å². The van der Waals surface area contributed by atoms with E-state index in [1.54, 1.807) is 24.3 Å². The molecule has 0 spiro atoms. The molecule has 0 aliphatic rings. The first-order valence-corrected chi connectivity index (χ1v) is 8.34. The number of amides is 1. The molecule has 6 heteroatoms. The van der Waals surface area contributed by atoms with Gasteiger partial charge in [0.1, 0.15) is 0 Å². The summed E-state index contributed by atoms with van der Waals surface area (Å²) in [6, 6.07) is 14.2. The second-order valence-electron chi connectivity index (χ2n) is 5.55. The predicted molar refractivity (Wildman–Crippen MR) is 98.8 cm³/mol. The van der Waals surface area contributed by atoms with E-state index in [1.807, 2.05) is 36.1 Å². The molecule has 0 unspecified atom stereocenters. The zero-order chi connectivity index (χ0) is 18.2. The van der Waals surface area contributed by atoms with Crippen molar-refractivity contribution in [3.63, 3.8) is 0 Å². The molecule has 0 saturated carbocycles. The number of esters is 1. The van der Waals surface area contributed by atoms with Crippen molar-refractivity contribution in [1.29, 1.82) is 0 Å². The van der Waals surface area contributed by atoms with Crippen LogP contribution in [0.15, 0.2) is 48.5 Å². The molecule has 25 heavy (non-hydrogen) atoms. The van der Waals surface area contributed by atoms with Crippen LogP contribution in [0.25, 0.3) is 0 Å². The Morgan fingerprint density at radius 2 is 1.88 bits per heavy atom. The smallest absolute Gasteiger partial charge is 0.337 e. The first kappa shape index (κ1) is 19.0. The molecule has 2 rings (SSSR count). The third kappa shape index (κ3) is 5.89. The van der Waals surface area contributed by atoms with Crippen molar-refractivity contribution in [3.8, 4) is 0 Å². The van der Waals surface area contributed by atoms with E-state index in [2.05, 4.69) is 10.1 Å². The van der Waals surface area contributed by atoms with E-state index in [4.69, 9.17) is 11.6 Å². The minimum Gasteiger partial charge on any atom is -0.465 e. The van der Waals surface area contributed by atoms with Gasteiger partial charge in [-0.3, -0.25) is 9.69 Å². The largest absolute Gasteiger partial charge is 0.465 e. The van der Waals surface area contributed by atoms with Crippen LogP contribution in [0.1, 0.15) is 22.8 Å². The fourth-order valence-corrected chi connectivity index (χ4v) is 2.60. The maximum atomic E-state index is 12.2. The lowest BCUT2D eigenvalue weighted by atomic mass is 10.2. The highest BCUT2D eigenvalue weighted by molar-refractivity contribution is 6.30. The van der Waals surface area contributed by atoms with Gasteiger partial charge in [0.15, 0.2) is 0 Å². The van der Waals surface area contributed by atoms with Gasteiger partial charge in [0.25, 0.3) is 0 Å². The number of carbonyl (C=O) groups excluding carboxylic acids is 2. The average Bonchev–Trinajstić information content (AvgIpc) is 2.61. The number of ether oxygens (including phenoxy) is 1. The van der Waals surface area contributed by atoms with E-state index in [0.29, 0.717) is 22.8 Å². The van der Waals surface area contributed by atoms with Gasteiger partial charge < -0.3 is 10.1 Å². The maximum Gasteiger partial charge on any atom is 0.337 e. The standard InChI is InChI=1S/C19H21ClN2O3/c1-3-22(12-14-5-4-6-16(20)11-14)13-18(23)21-17-9-7-15(8-10-17)19(24)25-2/h4-11H,3,12-13H2,1-2H3,(H,21,23). The zero-order valence-corrected chi connectivity index (χ0v) is 15.0. The molecule has 132 valence electrons. The third-order valence-electron chi connectivity index (χ3n) is 3.70. The van der Waals surface area contributed by atoms with Crippen LogP contribution < -0.4 is 5.32 Å². The van der Waals surface area contributed by atoms with Gasteiger partial charge in [0, 0.05) is 17.3 Å². The van der Waals surface area contributed by atoms with Gasteiger partial charge in [-0.05, 0) is 48.5 Å². The van der Waals surface area contributed by atoms with E-state index >= 15 is 0 Å². The number of hydrogen-bond acceptors (Lipinski definition) is 4. The molecule has 0 radical (unpaired) electrons. The molecule has 0 aliphatic carbocycles. The van der Waals surface area contributed by atoms with Crippen molar-refractivity contribution in [2.24, 2.45) is 0 Å². The van der Waals surface area contributed by atoms with Gasteiger partial charge >= 0.3 is 5.97 Å². The Morgan fingerprint density at radius 1 is 1.16 bits per heavy atom. The fourth-order valence-electron chi connectivity index (χ4n) is 2.38. The summed E-state index contributed by atoms with van der Waals surface area (Å²) >= 11 is 6.00. The van der Waals surface area contributed by atoms with Gasteiger partial charge in [-0.25, -0.2) is 4.79 Å². The first-order valence-electron chi connectivity index (χ1n) is 7.97. The lowest BCUT2D eigenvalue weighted by molar-refractivity contribution is -0.117. The highest BCUT2D eigenvalue weighted by atomic mass is 35.5. The third-order valence-corrected chi connectivity index (χ3v) is 3.93. The zero-order valence-electron chi connectivity index (χ0n) is 14.3. The van der Waals surface area contributed by atoms with Crippen molar-refractivity contribution in [1.82, 2.24) is 4.90 Å². The van der Waals surface area contributed by atoms with Crippen LogP contribution in [0, 0.1) is 0 Å². The number of likely N-dealkylation sites (N-methyl/N-ethyl adjacent to an activating group) is 1. The van der Waals surface area contributed by atoms with Gasteiger partial charge in [-0.15, -0.1) is 0 Å². The Hall–Kier alpha value is -2.37. The Morgan fingerprint density at radius 3 is 2.48 bits per heavy atom. The highest BCUT2D eigenvalue weighted by Gasteiger charge is 2.11. The number of nitrogens with one attached hydrogen (secondary N) is 1. The number of methoxy groups -OCH3 is 1. The van der Waals surface area contributed by atoms with Crippen molar-refractivity contribution < 1.29 is 14.3 Å². The molecular formula is C19H21ClN2O3. The summed E-state index contributed by atoms with van der Waals surface area (Å²) in [4.78, 5) is 25.7. The first-order chi connectivity index (χ1) is 12.0. The average molecular weight is 361 g/mol. The second-order valence-corrected chi connectivity index (χ2v) is 5.99. The molecule has 2 aromatic rings. The Balaban J connectivity index is 1.92. The molecule has 0 fully saturated rings. The maximum absolute atomic E-state index is 12.2. The number of carbonyl (C=O) groups is 2. The molecule has 0 atom stereocenters. The predicted octanol–water partition coefficient (Wildman–Crippen LogP) is 3.59. The summed E-state index contributed by atoms with van der Waals surface area (Å²) in [6.45, 7) is 3.65. The fraction of sp³-hybridized carbons (Fsp3) is 0.263. The number of nitrogens with zero attached hydrogens (tertiary/aromatic N) is 1. The van der Waals surface area contributed by atoms with E-state index in [1.165, 1.54) is 7.11 Å². The van der Waals surface area contributed by atoms with E-state index in [0.717, 1.165) is 12.1 Å². The Bertz CT molecular complexity index is 732. The van der Waals surface area contributed by atoms with Crippen molar-refractivity contribution in [3.05, 3.63) is 64.7 Å². The second kappa shape index (κ2) is 9.20. The molecule has 0 aliphatic heterocycles. The summed E-state index contributed by atoms with van der Waals surface area (Å²) in [5.41, 5.74) is 2.14. The number of benzene rings is 2. The monoisotopic (exact) mass is 360 g/mol. The lowest BCUT2D eigenvalue weighted by Crippen LogP contribution is -2.32. The molecule has 0 heterocycles. The van der Waals surface area contributed by atoms with E-state index < -0.39 is 5.97 Å². The minimum absolute atomic E-state index is 0.116. The normalized spacial score (nSPS) is 10.6. The number of hydrogen-bond donors (Lipinski definition) is 1. The van der Waals surface area contributed by atoms with Gasteiger partial charge in [0.2, 0.25) is 5.91 Å². The summed E-state index contributed by atoms with van der Waals surface area (Å²) < 4.78 is 4.65. The quantitative estimate of drug-likeness (QED) is 0.766. The van der Waals surface area contributed by atoms with Crippen molar-refractivity contribution in [2.75, 3.05) is 25.5 Å². The Kier molecular flexibility index (Phi) is 6.98. The van der Waals surface area contributed by atoms with Gasteiger partial charge in [0.05, 0.1) is 19.2 Å². The summed E-state index contributed by atoms with van der Waals surface area (Å²) in [7, 11) is 1.33. The number of anilines is 1. The Labute approximate surface area is 152 Å². The van der Waals surface area contributed by atoms with Crippen molar-refractivity contribution in [2.45, 2.75) is 13.5 Å². The van der Waals surface area contributed by atoms with Crippen LogP contribution in [-0.2, 0) is 16.1 Å². The van der Waals surface area contributed by atoms with Gasteiger partial charge in [-0.2, -0.15) is 0 Å². The SMILES string of the molecule is CCN(CC(=O)Nc1ccc(C(=O)OC)cc1)Cc1cccc(Cl)c1. The van der Waals surface area contributed by atoms with Crippen LogP contribution in [-0.4, -0.2) is 37.0 Å². The van der Waals surface area contributed by atoms with Crippen LogP contribution >= 0.6 is 11.6 Å². The highest BCUT2D eigenvalue weighted by Crippen LogP contribution is 2.13. The van der Waals surface area contributed by atoms with E-state index in [9.17, 15) is 9.59 Å². The number of halogens is 1. The topological polar surface area (TPSA) is 58.6 Å². The number of rotatable bonds is 7. The minimum atomic E-state index is -0.406. The van der Waals surface area contributed by atoms with Crippen LogP contribution in [0.5, 0.6) is 0 Å². The molecule has 1 N–H and O–H groups in total. The van der Waals surface area contributed by atoms with E-state index in [-0.39, 0.29) is 12.5 Å². The van der Waals surface area contributed by atoms with Crippen LogP contribution in [0.4, 0.5) is 5.69 Å². The molecule has 0 bridgehead atoms. The molecular weight excluding hydrogens is 340 g/mol. The molecule has 0 aromatic heterocycles. The molecule has 2 aromatic carbocycles. The summed E-state index contributed by atoms with van der Waals surface area (Å²) in [5, 5.41) is 3.51. The summed E-state index contributed by atoms with van der Waals surface area (Å²) in [6.07, 6.45) is 0. The molecule has 1 amide bonds. The lowest BCUT2D eigenvalue weighted by Gasteiger charge is -2.20. The summed E-state index contributed by atoms with van der Waals surface area (Å²) in [5.74, 6) is -0.522. The van der Waals surface area contributed by atoms with Crippen LogP contribution in [0.3, 0.4) is 0 Å². The molecule has 0 saturated heterocycles. The van der Waals surface area contributed by atoms with Crippen LogP contribution in [0.2, 0.25) is 5.02 Å². The van der Waals surface area contributed by atoms with Crippen molar-refractivity contribution >= 4 is 29.2 Å². The molecule has 5 nitrogen and oxygen atoms in total.